The Morgan fingerprint density at radius 3 is 2.83 bits per heavy atom. The lowest BCUT2D eigenvalue weighted by atomic mass is 10.0. The maximum Gasteiger partial charge on any atom is 0.248 e. The molecule has 4 nitrogen and oxygen atoms in total. The van der Waals surface area contributed by atoms with Gasteiger partial charge in [0, 0.05) is 25.0 Å². The van der Waals surface area contributed by atoms with E-state index in [1.54, 1.807) is 16.2 Å². The molecule has 18 heavy (non-hydrogen) atoms. The van der Waals surface area contributed by atoms with Crippen molar-refractivity contribution in [3.63, 3.8) is 0 Å². The van der Waals surface area contributed by atoms with Crippen molar-refractivity contribution in [2.45, 2.75) is 26.0 Å². The van der Waals surface area contributed by atoms with Gasteiger partial charge in [-0.1, -0.05) is 0 Å². The first kappa shape index (κ1) is 13.5. The van der Waals surface area contributed by atoms with Crippen LogP contribution in [0.5, 0.6) is 0 Å². The molecule has 1 N–H and O–H groups in total. The molecule has 1 aromatic rings. The Bertz CT molecular complexity index is 426. The van der Waals surface area contributed by atoms with Crippen LogP contribution in [0.25, 0.3) is 0 Å². The van der Waals surface area contributed by atoms with E-state index in [2.05, 4.69) is 23.7 Å². The number of rotatable bonds is 5. The summed E-state index contributed by atoms with van der Waals surface area (Å²) in [6, 6.07) is 2.08. The number of nitrogens with one attached hydrogen (secondary N) is 1. The van der Waals surface area contributed by atoms with E-state index >= 15 is 0 Å². The first-order valence-corrected chi connectivity index (χ1v) is 7.00. The smallest absolute Gasteiger partial charge is 0.248 e. The Labute approximate surface area is 112 Å². The maximum absolute atomic E-state index is 12.0. The van der Waals surface area contributed by atoms with Crippen molar-refractivity contribution in [2.24, 2.45) is 0 Å². The molecule has 1 saturated heterocycles. The molecule has 1 amide bonds. The Balaban J connectivity index is 1.80. The van der Waals surface area contributed by atoms with Crippen LogP contribution in [0.2, 0.25) is 0 Å². The van der Waals surface area contributed by atoms with Crippen LogP contribution in [0.3, 0.4) is 0 Å². The lowest BCUT2D eigenvalue weighted by Crippen LogP contribution is -2.59. The van der Waals surface area contributed by atoms with E-state index in [1.165, 1.54) is 10.4 Å². The second-order valence-electron chi connectivity index (χ2n) is 5.12. The van der Waals surface area contributed by atoms with E-state index < -0.39 is 0 Å². The minimum absolute atomic E-state index is 0.0379. The predicted molar refractivity (Wildman–Crippen MR) is 72.8 cm³/mol. The molecule has 100 valence electrons. The highest BCUT2D eigenvalue weighted by atomic mass is 32.1. The predicted octanol–water partition coefficient (Wildman–Crippen LogP) is 1.39. The van der Waals surface area contributed by atoms with Gasteiger partial charge in [-0.05, 0) is 30.9 Å². The molecule has 0 radical (unpaired) electrons. The van der Waals surface area contributed by atoms with Crippen molar-refractivity contribution >= 4 is 17.2 Å². The van der Waals surface area contributed by atoms with Crippen LogP contribution in [0.1, 0.15) is 17.4 Å². The highest BCUT2D eigenvalue weighted by Crippen LogP contribution is 2.18. The third-order valence-corrected chi connectivity index (χ3v) is 4.32. The standard InChI is InChI=1S/C13H20N2O2S/c1-10-4-5-18-11(10)6-15(3)12(16)7-17-13(2)8-14-9-13/h4-5,14H,6-9H2,1-3H3. The normalized spacial score (nSPS) is 17.3. The summed E-state index contributed by atoms with van der Waals surface area (Å²) in [4.78, 5) is 14.9. The van der Waals surface area contributed by atoms with E-state index in [9.17, 15) is 4.79 Å². The van der Waals surface area contributed by atoms with Crippen LogP contribution in [-0.2, 0) is 16.1 Å². The quantitative estimate of drug-likeness (QED) is 0.877. The molecule has 0 spiro atoms. The molecule has 1 aliphatic heterocycles. The van der Waals surface area contributed by atoms with Crippen molar-refractivity contribution < 1.29 is 9.53 Å². The van der Waals surface area contributed by atoms with Gasteiger partial charge < -0.3 is 15.0 Å². The zero-order valence-electron chi connectivity index (χ0n) is 11.2. The van der Waals surface area contributed by atoms with Gasteiger partial charge in [0.25, 0.3) is 0 Å². The molecule has 0 bridgehead atoms. The van der Waals surface area contributed by atoms with Crippen molar-refractivity contribution in [2.75, 3.05) is 26.7 Å². The van der Waals surface area contributed by atoms with Gasteiger partial charge in [0.05, 0.1) is 12.1 Å². The number of amides is 1. The summed E-state index contributed by atoms with van der Waals surface area (Å²) in [6.45, 7) is 6.59. The van der Waals surface area contributed by atoms with Gasteiger partial charge in [0.2, 0.25) is 5.91 Å². The number of carbonyl (C=O) groups excluding carboxylic acids is 1. The van der Waals surface area contributed by atoms with Gasteiger partial charge in [-0.3, -0.25) is 4.79 Å². The number of carbonyl (C=O) groups is 1. The molecular weight excluding hydrogens is 248 g/mol. The number of hydrogen-bond donors (Lipinski definition) is 1. The fraction of sp³-hybridized carbons (Fsp3) is 0.615. The minimum Gasteiger partial charge on any atom is -0.363 e. The molecule has 0 atom stereocenters. The van der Waals surface area contributed by atoms with Gasteiger partial charge in [-0.25, -0.2) is 0 Å². The van der Waals surface area contributed by atoms with E-state index in [0.717, 1.165) is 13.1 Å². The molecule has 1 fully saturated rings. The number of likely N-dealkylation sites (N-methyl/N-ethyl adjacent to an activating group) is 1. The summed E-state index contributed by atoms with van der Waals surface area (Å²) in [5.41, 5.74) is 1.09. The molecule has 0 saturated carbocycles. The van der Waals surface area contributed by atoms with Gasteiger partial charge in [-0.15, -0.1) is 11.3 Å². The second kappa shape index (κ2) is 5.38. The molecule has 0 aromatic carbocycles. The van der Waals surface area contributed by atoms with Crippen LogP contribution >= 0.6 is 11.3 Å². The van der Waals surface area contributed by atoms with Crippen LogP contribution in [0.15, 0.2) is 11.4 Å². The Kier molecular flexibility index (Phi) is 4.04. The van der Waals surface area contributed by atoms with Crippen molar-refractivity contribution in [1.82, 2.24) is 10.2 Å². The zero-order valence-corrected chi connectivity index (χ0v) is 12.0. The van der Waals surface area contributed by atoms with E-state index in [-0.39, 0.29) is 18.1 Å². The Morgan fingerprint density at radius 1 is 1.61 bits per heavy atom. The van der Waals surface area contributed by atoms with Crippen LogP contribution < -0.4 is 5.32 Å². The second-order valence-corrected chi connectivity index (χ2v) is 6.12. The van der Waals surface area contributed by atoms with Crippen LogP contribution in [0.4, 0.5) is 0 Å². The van der Waals surface area contributed by atoms with E-state index in [0.29, 0.717) is 6.54 Å². The highest BCUT2D eigenvalue weighted by molar-refractivity contribution is 7.10. The van der Waals surface area contributed by atoms with Crippen molar-refractivity contribution in [3.8, 4) is 0 Å². The third kappa shape index (κ3) is 3.10. The molecule has 1 aliphatic rings. The lowest BCUT2D eigenvalue weighted by Gasteiger charge is -2.39. The fourth-order valence-electron chi connectivity index (χ4n) is 1.79. The third-order valence-electron chi connectivity index (χ3n) is 3.32. The molecule has 2 heterocycles. The van der Waals surface area contributed by atoms with Crippen LogP contribution in [0, 0.1) is 6.92 Å². The van der Waals surface area contributed by atoms with E-state index in [4.69, 9.17) is 4.74 Å². The number of thiophene rings is 1. The Hall–Kier alpha value is -0.910. The van der Waals surface area contributed by atoms with Crippen LogP contribution in [-0.4, -0.2) is 43.2 Å². The highest BCUT2D eigenvalue weighted by Gasteiger charge is 2.33. The molecule has 1 aromatic heterocycles. The molecule has 2 rings (SSSR count). The van der Waals surface area contributed by atoms with E-state index in [1.807, 2.05) is 14.0 Å². The maximum atomic E-state index is 12.0. The Morgan fingerprint density at radius 2 is 2.33 bits per heavy atom. The summed E-state index contributed by atoms with van der Waals surface area (Å²) >= 11 is 1.69. The fourth-order valence-corrected chi connectivity index (χ4v) is 2.75. The van der Waals surface area contributed by atoms with Gasteiger partial charge >= 0.3 is 0 Å². The number of hydrogen-bond acceptors (Lipinski definition) is 4. The summed E-state index contributed by atoms with van der Waals surface area (Å²) in [5, 5.41) is 5.21. The summed E-state index contributed by atoms with van der Waals surface area (Å²) in [7, 11) is 1.83. The summed E-state index contributed by atoms with van der Waals surface area (Å²) in [5.74, 6) is 0.0379. The van der Waals surface area contributed by atoms with Gasteiger partial charge in [0.15, 0.2) is 0 Å². The minimum atomic E-state index is -0.157. The van der Waals surface area contributed by atoms with Gasteiger partial charge in [0.1, 0.15) is 6.61 Å². The average Bonchev–Trinajstić information content (AvgIpc) is 2.69. The molecule has 0 unspecified atom stereocenters. The largest absolute Gasteiger partial charge is 0.363 e. The molecular formula is C13H20N2O2S. The summed E-state index contributed by atoms with van der Waals surface area (Å²) < 4.78 is 5.65. The van der Waals surface area contributed by atoms with Crippen molar-refractivity contribution in [1.29, 1.82) is 0 Å². The summed E-state index contributed by atoms with van der Waals surface area (Å²) in [6.07, 6.45) is 0. The topological polar surface area (TPSA) is 41.6 Å². The van der Waals surface area contributed by atoms with Gasteiger partial charge in [-0.2, -0.15) is 0 Å². The number of aryl methyl sites for hydroxylation is 1. The molecule has 5 heteroatoms. The van der Waals surface area contributed by atoms with Crippen molar-refractivity contribution in [3.05, 3.63) is 21.9 Å². The first-order chi connectivity index (χ1) is 8.50. The first-order valence-electron chi connectivity index (χ1n) is 6.12. The average molecular weight is 268 g/mol. The SMILES string of the molecule is Cc1ccsc1CN(C)C(=O)COC1(C)CNC1. The monoisotopic (exact) mass is 268 g/mol. The lowest BCUT2D eigenvalue weighted by molar-refractivity contribution is -0.145. The number of ether oxygens (including phenoxy) is 1. The number of nitrogens with zero attached hydrogens (tertiary/aromatic N) is 1. The molecule has 0 aliphatic carbocycles. The zero-order chi connectivity index (χ0) is 13.2.